The number of fused-ring (bicyclic) bond motifs is 1. The van der Waals surface area contributed by atoms with Crippen LogP contribution >= 0.6 is 0 Å². The largest absolute Gasteiger partial charge is 0.387 e. The van der Waals surface area contributed by atoms with Gasteiger partial charge in [-0.15, -0.1) is 0 Å². The van der Waals surface area contributed by atoms with Crippen LogP contribution in [0.2, 0.25) is 0 Å². The van der Waals surface area contributed by atoms with Crippen LogP contribution in [0.5, 0.6) is 0 Å². The van der Waals surface area contributed by atoms with Crippen LogP contribution in [0.4, 0.5) is 0 Å². The average molecular weight is 490 g/mol. The van der Waals surface area contributed by atoms with Crippen molar-refractivity contribution in [1.29, 1.82) is 0 Å². The normalized spacial score (nSPS) is 26.3. The fourth-order valence-corrected chi connectivity index (χ4v) is 5.90. The molecule has 0 radical (unpaired) electrons. The third-order valence-electron chi connectivity index (χ3n) is 8.41. The Morgan fingerprint density at radius 2 is 1.83 bits per heavy atom. The molecule has 1 aliphatic carbocycles. The number of benzene rings is 1. The summed E-state index contributed by atoms with van der Waals surface area (Å²) in [5.41, 5.74) is 1.30. The van der Waals surface area contributed by atoms with Crippen LogP contribution in [0, 0.1) is 0 Å². The molecule has 2 unspecified atom stereocenters. The first-order valence-corrected chi connectivity index (χ1v) is 13.3. The SMILES string of the molecule is CC1(O)CCN(C(=O)c2cc3ccccc3n2-c2cncnc2)CC1OC1CCN(C2CCC2)CC1. The first kappa shape index (κ1) is 23.6. The van der Waals surface area contributed by atoms with Crippen LogP contribution < -0.4 is 0 Å². The Kier molecular flexibility index (Phi) is 6.27. The van der Waals surface area contributed by atoms with E-state index < -0.39 is 11.7 Å². The van der Waals surface area contributed by atoms with E-state index in [9.17, 15) is 9.90 Å². The van der Waals surface area contributed by atoms with Gasteiger partial charge < -0.3 is 24.2 Å². The molecular weight excluding hydrogens is 454 g/mol. The van der Waals surface area contributed by atoms with Crippen molar-refractivity contribution in [2.24, 2.45) is 0 Å². The lowest BCUT2D eigenvalue weighted by molar-refractivity contribution is -0.162. The van der Waals surface area contributed by atoms with Crippen LogP contribution in [-0.4, -0.2) is 85.4 Å². The lowest BCUT2D eigenvalue weighted by atomic mass is 9.88. The molecule has 1 amide bonds. The molecule has 2 aromatic heterocycles. The van der Waals surface area contributed by atoms with Gasteiger partial charge in [-0.05, 0) is 51.2 Å². The van der Waals surface area contributed by atoms with Gasteiger partial charge in [0.1, 0.15) is 18.1 Å². The van der Waals surface area contributed by atoms with Crippen molar-refractivity contribution in [3.8, 4) is 5.69 Å². The minimum Gasteiger partial charge on any atom is -0.387 e. The van der Waals surface area contributed by atoms with Crippen molar-refractivity contribution in [2.45, 2.75) is 69.3 Å². The summed E-state index contributed by atoms with van der Waals surface area (Å²) in [5.74, 6) is -0.0704. The molecular formula is C28H35N5O3. The van der Waals surface area contributed by atoms with Gasteiger partial charge in [-0.2, -0.15) is 0 Å². The molecule has 6 rings (SSSR count). The van der Waals surface area contributed by atoms with Crippen molar-refractivity contribution in [3.05, 3.63) is 54.7 Å². The zero-order chi connectivity index (χ0) is 24.7. The Balaban J connectivity index is 1.21. The van der Waals surface area contributed by atoms with Gasteiger partial charge in [0.2, 0.25) is 0 Å². The molecule has 4 heterocycles. The topological polar surface area (TPSA) is 83.7 Å². The summed E-state index contributed by atoms with van der Waals surface area (Å²) < 4.78 is 8.45. The smallest absolute Gasteiger partial charge is 0.270 e. The summed E-state index contributed by atoms with van der Waals surface area (Å²) in [6, 6.07) is 10.6. The number of hydrogen-bond donors (Lipinski definition) is 1. The Hall–Kier alpha value is -2.81. The number of amides is 1. The minimum atomic E-state index is -0.956. The quantitative estimate of drug-likeness (QED) is 0.591. The van der Waals surface area contributed by atoms with Gasteiger partial charge in [0, 0.05) is 31.1 Å². The van der Waals surface area contributed by atoms with E-state index in [0.717, 1.165) is 48.6 Å². The molecule has 190 valence electrons. The van der Waals surface area contributed by atoms with Crippen molar-refractivity contribution < 1.29 is 14.6 Å². The van der Waals surface area contributed by atoms with E-state index in [2.05, 4.69) is 14.9 Å². The summed E-state index contributed by atoms with van der Waals surface area (Å²) in [4.78, 5) is 26.7. The Labute approximate surface area is 211 Å². The van der Waals surface area contributed by atoms with Gasteiger partial charge >= 0.3 is 0 Å². The van der Waals surface area contributed by atoms with Crippen LogP contribution in [0.15, 0.2) is 49.1 Å². The monoisotopic (exact) mass is 489 g/mol. The number of ether oxygens (including phenoxy) is 1. The summed E-state index contributed by atoms with van der Waals surface area (Å²) in [6.07, 6.45) is 11.1. The van der Waals surface area contributed by atoms with Gasteiger partial charge in [0.25, 0.3) is 5.91 Å². The standard InChI is InChI=1S/C28H35N5O3/c1-28(35)11-14-32(18-26(28)36-23-9-12-31(13-10-23)21-6-4-7-21)27(34)25-15-20-5-2-3-8-24(20)33(25)22-16-29-19-30-17-22/h2-3,5,8,15-17,19,21,23,26,35H,4,6-7,9-14,18H2,1H3. The second kappa shape index (κ2) is 9.57. The second-order valence-corrected chi connectivity index (χ2v) is 10.8. The van der Waals surface area contributed by atoms with Gasteiger partial charge in [0.05, 0.1) is 41.8 Å². The first-order chi connectivity index (χ1) is 17.5. The minimum absolute atomic E-state index is 0.0704. The number of likely N-dealkylation sites (tertiary alicyclic amines) is 2. The molecule has 8 heteroatoms. The van der Waals surface area contributed by atoms with E-state index in [1.165, 1.54) is 25.6 Å². The molecule has 8 nitrogen and oxygen atoms in total. The molecule has 0 spiro atoms. The Morgan fingerprint density at radius 3 is 2.56 bits per heavy atom. The maximum absolute atomic E-state index is 13.9. The van der Waals surface area contributed by atoms with Crippen molar-refractivity contribution >= 4 is 16.8 Å². The molecule has 2 atom stereocenters. The number of para-hydroxylation sites is 1. The van der Waals surface area contributed by atoms with E-state index in [0.29, 0.717) is 25.2 Å². The van der Waals surface area contributed by atoms with E-state index in [1.54, 1.807) is 12.4 Å². The third-order valence-corrected chi connectivity index (χ3v) is 8.41. The van der Waals surface area contributed by atoms with Gasteiger partial charge in [0.15, 0.2) is 0 Å². The molecule has 2 saturated heterocycles. The summed E-state index contributed by atoms with van der Waals surface area (Å²) in [7, 11) is 0. The number of carbonyl (C=O) groups excluding carboxylic acids is 1. The first-order valence-electron chi connectivity index (χ1n) is 13.3. The average Bonchev–Trinajstić information content (AvgIpc) is 3.25. The highest BCUT2D eigenvalue weighted by molar-refractivity contribution is 6.00. The van der Waals surface area contributed by atoms with E-state index in [-0.39, 0.29) is 12.0 Å². The van der Waals surface area contributed by atoms with Crippen molar-refractivity contribution in [3.63, 3.8) is 0 Å². The molecule has 2 aliphatic heterocycles. The fraction of sp³-hybridized carbons (Fsp3) is 0.536. The van der Waals surface area contributed by atoms with Crippen molar-refractivity contribution in [1.82, 2.24) is 24.3 Å². The number of carbonyl (C=O) groups is 1. The molecule has 1 saturated carbocycles. The summed E-state index contributed by atoms with van der Waals surface area (Å²) in [5, 5.41) is 12.2. The highest BCUT2D eigenvalue weighted by Crippen LogP contribution is 2.32. The van der Waals surface area contributed by atoms with Crippen LogP contribution in [0.3, 0.4) is 0 Å². The van der Waals surface area contributed by atoms with Gasteiger partial charge in [-0.25, -0.2) is 9.97 Å². The van der Waals surface area contributed by atoms with E-state index in [4.69, 9.17) is 4.74 Å². The molecule has 3 fully saturated rings. The van der Waals surface area contributed by atoms with Crippen LogP contribution in [-0.2, 0) is 4.74 Å². The zero-order valence-corrected chi connectivity index (χ0v) is 20.9. The third kappa shape index (κ3) is 4.42. The van der Waals surface area contributed by atoms with Crippen LogP contribution in [0.25, 0.3) is 16.6 Å². The Bertz CT molecular complexity index is 1210. The molecule has 3 aromatic rings. The number of aromatic nitrogens is 3. The van der Waals surface area contributed by atoms with Crippen molar-refractivity contribution in [2.75, 3.05) is 26.2 Å². The maximum atomic E-state index is 13.9. The molecule has 36 heavy (non-hydrogen) atoms. The van der Waals surface area contributed by atoms with Crippen LogP contribution in [0.1, 0.15) is 55.9 Å². The lowest BCUT2D eigenvalue weighted by Crippen LogP contribution is -2.58. The highest BCUT2D eigenvalue weighted by atomic mass is 16.5. The van der Waals surface area contributed by atoms with E-state index in [1.807, 2.05) is 46.7 Å². The number of hydrogen-bond acceptors (Lipinski definition) is 6. The summed E-state index contributed by atoms with van der Waals surface area (Å²) in [6.45, 7) is 4.83. The Morgan fingerprint density at radius 1 is 1.08 bits per heavy atom. The molecule has 1 aromatic carbocycles. The number of piperidine rings is 2. The van der Waals surface area contributed by atoms with Gasteiger partial charge in [-0.3, -0.25) is 4.79 Å². The molecule has 3 aliphatic rings. The number of rotatable bonds is 5. The summed E-state index contributed by atoms with van der Waals surface area (Å²) >= 11 is 0. The predicted octanol–water partition coefficient (Wildman–Crippen LogP) is 3.42. The zero-order valence-electron chi connectivity index (χ0n) is 20.9. The molecule has 1 N–H and O–H groups in total. The predicted molar refractivity (Wildman–Crippen MR) is 137 cm³/mol. The van der Waals surface area contributed by atoms with E-state index >= 15 is 0 Å². The maximum Gasteiger partial charge on any atom is 0.270 e. The fourth-order valence-electron chi connectivity index (χ4n) is 5.90. The number of nitrogens with zero attached hydrogens (tertiary/aromatic N) is 5. The molecule has 0 bridgehead atoms. The van der Waals surface area contributed by atoms with Gasteiger partial charge in [-0.1, -0.05) is 24.6 Å². The lowest BCUT2D eigenvalue weighted by Gasteiger charge is -2.46. The number of aliphatic hydroxyl groups is 1. The second-order valence-electron chi connectivity index (χ2n) is 10.8. The highest BCUT2D eigenvalue weighted by Gasteiger charge is 2.42.